The van der Waals surface area contributed by atoms with Gasteiger partial charge in [0.15, 0.2) is 0 Å². The molecule has 0 spiro atoms. The zero-order chi connectivity index (χ0) is 16.1. The van der Waals surface area contributed by atoms with Crippen LogP contribution >= 0.6 is 0 Å². The Labute approximate surface area is 138 Å². The second kappa shape index (κ2) is 7.75. The van der Waals surface area contributed by atoms with E-state index in [-0.39, 0.29) is 0 Å². The fourth-order valence-corrected chi connectivity index (χ4v) is 3.20. The summed E-state index contributed by atoms with van der Waals surface area (Å²) in [6, 6.07) is 10.6. The number of likely N-dealkylation sites (tertiary alicyclic amines) is 1. The molecule has 2 heterocycles. The van der Waals surface area contributed by atoms with Crippen LogP contribution < -0.4 is 0 Å². The van der Waals surface area contributed by atoms with Crippen LogP contribution in [0.2, 0.25) is 0 Å². The minimum atomic E-state index is 0.367. The van der Waals surface area contributed by atoms with Gasteiger partial charge in [-0.25, -0.2) is 0 Å². The maximum Gasteiger partial charge on any atom is 0.138 e. The van der Waals surface area contributed by atoms with Gasteiger partial charge in [-0.1, -0.05) is 35.5 Å². The van der Waals surface area contributed by atoms with E-state index in [0.717, 1.165) is 57.0 Å². The number of benzene rings is 1. The highest BCUT2D eigenvalue weighted by molar-refractivity contribution is 5.20. The van der Waals surface area contributed by atoms with Gasteiger partial charge in [0.05, 0.1) is 11.8 Å². The number of ether oxygens (including phenoxy) is 1. The van der Waals surface area contributed by atoms with Crippen molar-refractivity contribution in [1.29, 1.82) is 0 Å². The summed E-state index contributed by atoms with van der Waals surface area (Å²) in [7, 11) is 0. The molecular weight excluding hydrogens is 288 g/mol. The maximum absolute atomic E-state index is 6.05. The molecule has 3 rings (SSSR count). The molecule has 1 aromatic carbocycles. The Morgan fingerprint density at radius 3 is 2.83 bits per heavy atom. The molecule has 2 aromatic rings. The van der Waals surface area contributed by atoms with Crippen molar-refractivity contribution in [1.82, 2.24) is 10.1 Å². The lowest BCUT2D eigenvalue weighted by Gasteiger charge is -2.16. The molecule has 1 saturated heterocycles. The van der Waals surface area contributed by atoms with E-state index in [4.69, 9.17) is 9.26 Å². The molecule has 1 aliphatic rings. The number of nitrogens with zero attached hydrogens (tertiary/aromatic N) is 2. The molecule has 4 nitrogen and oxygen atoms in total. The number of hydrogen-bond acceptors (Lipinski definition) is 4. The predicted octanol–water partition coefficient (Wildman–Crippen LogP) is 3.52. The third kappa shape index (κ3) is 4.43. The zero-order valence-electron chi connectivity index (χ0n) is 14.1. The quantitative estimate of drug-likeness (QED) is 0.733. The van der Waals surface area contributed by atoms with E-state index in [2.05, 4.69) is 40.4 Å². The Balaban J connectivity index is 1.37. The van der Waals surface area contributed by atoms with Gasteiger partial charge < -0.3 is 9.26 Å². The summed E-state index contributed by atoms with van der Waals surface area (Å²) in [4.78, 5) is 2.44. The Hall–Kier alpha value is -1.65. The van der Waals surface area contributed by atoms with Crippen molar-refractivity contribution in [2.75, 3.05) is 19.7 Å². The van der Waals surface area contributed by atoms with Gasteiger partial charge in [-0.05, 0) is 38.7 Å². The Kier molecular flexibility index (Phi) is 5.47. The fourth-order valence-electron chi connectivity index (χ4n) is 3.20. The van der Waals surface area contributed by atoms with Gasteiger partial charge in [-0.2, -0.15) is 0 Å². The van der Waals surface area contributed by atoms with Crippen LogP contribution in [-0.2, 0) is 17.7 Å². The molecular formula is C19H26N2O2. The summed E-state index contributed by atoms with van der Waals surface area (Å²) in [5.74, 6) is 0.940. The molecule has 1 aliphatic heterocycles. The second-order valence-corrected chi connectivity index (χ2v) is 6.41. The van der Waals surface area contributed by atoms with Crippen LogP contribution in [0.1, 0.15) is 35.4 Å². The van der Waals surface area contributed by atoms with Crippen molar-refractivity contribution in [2.45, 2.75) is 45.8 Å². The number of aryl methyl sites for hydroxylation is 3. The number of rotatable bonds is 7. The Morgan fingerprint density at radius 1 is 1.26 bits per heavy atom. The van der Waals surface area contributed by atoms with Gasteiger partial charge in [-0.3, -0.25) is 4.90 Å². The monoisotopic (exact) mass is 314 g/mol. The van der Waals surface area contributed by atoms with Crippen molar-refractivity contribution in [3.63, 3.8) is 0 Å². The number of aromatic nitrogens is 1. The van der Waals surface area contributed by atoms with E-state index in [9.17, 15) is 0 Å². The van der Waals surface area contributed by atoms with E-state index in [1.165, 1.54) is 11.1 Å². The van der Waals surface area contributed by atoms with Crippen molar-refractivity contribution >= 4 is 0 Å². The van der Waals surface area contributed by atoms with Crippen molar-refractivity contribution in [3.8, 4) is 0 Å². The Bertz CT molecular complexity index is 590. The molecule has 124 valence electrons. The molecule has 0 radical (unpaired) electrons. The molecule has 0 aliphatic carbocycles. The first-order chi connectivity index (χ1) is 11.2. The molecule has 0 amide bonds. The lowest BCUT2D eigenvalue weighted by atomic mass is 10.1. The molecule has 1 atom stereocenters. The third-order valence-corrected chi connectivity index (χ3v) is 4.60. The summed E-state index contributed by atoms with van der Waals surface area (Å²) in [6.07, 6.45) is 3.67. The normalized spacial score (nSPS) is 18.6. The molecule has 1 aromatic heterocycles. The zero-order valence-corrected chi connectivity index (χ0v) is 14.1. The molecule has 0 N–H and O–H groups in total. The van der Waals surface area contributed by atoms with Crippen LogP contribution in [0, 0.1) is 13.8 Å². The van der Waals surface area contributed by atoms with Gasteiger partial charge >= 0.3 is 0 Å². The topological polar surface area (TPSA) is 38.5 Å². The van der Waals surface area contributed by atoms with Gasteiger partial charge in [0, 0.05) is 31.8 Å². The van der Waals surface area contributed by atoms with E-state index >= 15 is 0 Å². The van der Waals surface area contributed by atoms with Crippen LogP contribution in [0.5, 0.6) is 0 Å². The molecule has 0 unspecified atom stereocenters. The third-order valence-electron chi connectivity index (χ3n) is 4.60. The summed E-state index contributed by atoms with van der Waals surface area (Å²) in [6.45, 7) is 7.87. The van der Waals surface area contributed by atoms with E-state index < -0.39 is 0 Å². The Morgan fingerprint density at radius 2 is 2.09 bits per heavy atom. The second-order valence-electron chi connectivity index (χ2n) is 6.41. The van der Waals surface area contributed by atoms with Crippen molar-refractivity contribution in [3.05, 3.63) is 52.9 Å². The maximum atomic E-state index is 6.05. The summed E-state index contributed by atoms with van der Waals surface area (Å²) >= 11 is 0. The van der Waals surface area contributed by atoms with E-state index in [0.29, 0.717) is 6.10 Å². The largest absolute Gasteiger partial charge is 0.377 e. The van der Waals surface area contributed by atoms with Crippen LogP contribution in [-0.4, -0.2) is 35.9 Å². The first-order valence-electron chi connectivity index (χ1n) is 8.52. The molecule has 0 saturated carbocycles. The number of hydrogen-bond donors (Lipinski definition) is 0. The predicted molar refractivity (Wildman–Crippen MR) is 90.4 cm³/mol. The highest BCUT2D eigenvalue weighted by Crippen LogP contribution is 2.20. The summed E-state index contributed by atoms with van der Waals surface area (Å²) in [5.41, 5.74) is 3.63. The first-order valence-corrected chi connectivity index (χ1v) is 8.52. The summed E-state index contributed by atoms with van der Waals surface area (Å²) < 4.78 is 11.3. The smallest absolute Gasteiger partial charge is 0.138 e. The van der Waals surface area contributed by atoms with Gasteiger partial charge in [0.2, 0.25) is 0 Å². The van der Waals surface area contributed by atoms with Gasteiger partial charge in [-0.15, -0.1) is 0 Å². The molecule has 4 heteroatoms. The minimum Gasteiger partial charge on any atom is -0.377 e. The van der Waals surface area contributed by atoms with Crippen molar-refractivity contribution < 1.29 is 9.26 Å². The van der Waals surface area contributed by atoms with Gasteiger partial charge in [0.25, 0.3) is 0 Å². The molecule has 0 bridgehead atoms. The standard InChI is InChI=1S/C19H26N2O2/c1-15-19(16(2)23-20-15)14-21-11-10-18(13-21)22-12-6-9-17-7-4-3-5-8-17/h3-5,7-8,18H,6,9-14H2,1-2H3/t18-/m1/s1. The average molecular weight is 314 g/mol. The molecule has 23 heavy (non-hydrogen) atoms. The van der Waals surface area contributed by atoms with E-state index in [1.807, 2.05) is 13.8 Å². The lowest BCUT2D eigenvalue weighted by molar-refractivity contribution is 0.0570. The summed E-state index contributed by atoms with van der Waals surface area (Å²) in [5, 5.41) is 4.03. The van der Waals surface area contributed by atoms with Gasteiger partial charge in [0.1, 0.15) is 5.76 Å². The van der Waals surface area contributed by atoms with Crippen LogP contribution in [0.15, 0.2) is 34.9 Å². The lowest BCUT2D eigenvalue weighted by Crippen LogP contribution is -2.23. The van der Waals surface area contributed by atoms with Crippen LogP contribution in [0.25, 0.3) is 0 Å². The van der Waals surface area contributed by atoms with Crippen molar-refractivity contribution in [2.24, 2.45) is 0 Å². The highest BCUT2D eigenvalue weighted by Gasteiger charge is 2.24. The highest BCUT2D eigenvalue weighted by atomic mass is 16.5. The fraction of sp³-hybridized carbons (Fsp3) is 0.526. The van der Waals surface area contributed by atoms with E-state index in [1.54, 1.807) is 0 Å². The van der Waals surface area contributed by atoms with Crippen LogP contribution in [0.3, 0.4) is 0 Å². The van der Waals surface area contributed by atoms with Crippen LogP contribution in [0.4, 0.5) is 0 Å². The SMILES string of the molecule is Cc1noc(C)c1CN1CC[C@@H](OCCCc2ccccc2)C1. The first kappa shape index (κ1) is 16.2. The average Bonchev–Trinajstić information content (AvgIpc) is 3.14. The minimum absolute atomic E-state index is 0.367. The molecule has 1 fully saturated rings.